The summed E-state index contributed by atoms with van der Waals surface area (Å²) in [7, 11) is 3.97. The van der Waals surface area contributed by atoms with Gasteiger partial charge in [-0.3, -0.25) is 0 Å². The number of nitrogens with zero attached hydrogens (tertiary/aromatic N) is 3. The van der Waals surface area contributed by atoms with Gasteiger partial charge in [0.2, 0.25) is 5.13 Å². The van der Waals surface area contributed by atoms with Gasteiger partial charge in [-0.2, -0.15) is 4.37 Å². The molecule has 0 bridgehead atoms. The Morgan fingerprint density at radius 1 is 1.58 bits per heavy atom. The molecule has 0 radical (unpaired) electrons. The number of hydrogen-bond acceptors (Lipinski definition) is 5. The van der Waals surface area contributed by atoms with Gasteiger partial charge >= 0.3 is 0 Å². The Morgan fingerprint density at radius 2 is 2.33 bits per heavy atom. The summed E-state index contributed by atoms with van der Waals surface area (Å²) in [6, 6.07) is 0. The molecule has 12 heavy (non-hydrogen) atoms. The van der Waals surface area contributed by atoms with Crippen LogP contribution in [0.5, 0.6) is 0 Å². The first-order valence-electron chi connectivity index (χ1n) is 3.90. The van der Waals surface area contributed by atoms with Crippen molar-refractivity contribution in [3.63, 3.8) is 0 Å². The first kappa shape index (κ1) is 9.41. The highest BCUT2D eigenvalue weighted by atomic mass is 32.1. The fraction of sp³-hybridized carbons (Fsp3) is 0.714. The van der Waals surface area contributed by atoms with E-state index in [1.165, 1.54) is 11.5 Å². The lowest BCUT2D eigenvalue weighted by atomic mass is 10.6. The van der Waals surface area contributed by atoms with Crippen molar-refractivity contribution in [2.45, 2.75) is 6.92 Å². The molecule has 0 saturated heterocycles. The zero-order valence-corrected chi connectivity index (χ0v) is 8.48. The van der Waals surface area contributed by atoms with Crippen LogP contribution in [0.4, 0.5) is 5.13 Å². The van der Waals surface area contributed by atoms with Crippen molar-refractivity contribution in [3.8, 4) is 0 Å². The fourth-order valence-corrected chi connectivity index (χ4v) is 1.47. The van der Waals surface area contributed by atoms with Crippen LogP contribution < -0.4 is 10.2 Å². The molecule has 1 aromatic heterocycles. The predicted octanol–water partition coefficient (Wildman–Crippen LogP) is 0.502. The predicted molar refractivity (Wildman–Crippen MR) is 51.8 cm³/mol. The van der Waals surface area contributed by atoms with E-state index in [2.05, 4.69) is 19.6 Å². The van der Waals surface area contributed by atoms with Gasteiger partial charge in [0.1, 0.15) is 5.82 Å². The van der Waals surface area contributed by atoms with Gasteiger partial charge in [-0.1, -0.05) is 0 Å². The molecule has 1 rings (SSSR count). The number of rotatable bonds is 4. The topological polar surface area (TPSA) is 41.0 Å². The third-order valence-corrected chi connectivity index (χ3v) is 2.46. The number of aromatic nitrogens is 2. The standard InChI is InChI=1S/C7H14N4S/c1-6-9-7(12-10-6)11(3)5-4-8-2/h8H,4-5H2,1-3H3. The second-order valence-corrected chi connectivity index (χ2v) is 3.38. The maximum absolute atomic E-state index is 4.27. The highest BCUT2D eigenvalue weighted by Crippen LogP contribution is 2.13. The van der Waals surface area contributed by atoms with Crippen molar-refractivity contribution in [2.75, 3.05) is 32.1 Å². The van der Waals surface area contributed by atoms with Gasteiger partial charge in [-0.25, -0.2) is 4.98 Å². The molecule has 0 aliphatic rings. The second-order valence-electron chi connectivity index (χ2n) is 2.65. The normalized spacial score (nSPS) is 10.2. The van der Waals surface area contributed by atoms with E-state index < -0.39 is 0 Å². The van der Waals surface area contributed by atoms with Crippen LogP contribution in [-0.4, -0.2) is 36.5 Å². The molecule has 5 heteroatoms. The summed E-state index contributed by atoms with van der Waals surface area (Å²) >= 11 is 1.45. The Hall–Kier alpha value is -0.680. The highest BCUT2D eigenvalue weighted by molar-refractivity contribution is 7.09. The molecule has 0 atom stereocenters. The molecule has 0 aromatic carbocycles. The summed E-state index contributed by atoms with van der Waals surface area (Å²) in [5.41, 5.74) is 0. The molecule has 0 saturated carbocycles. The summed E-state index contributed by atoms with van der Waals surface area (Å²) < 4.78 is 4.11. The summed E-state index contributed by atoms with van der Waals surface area (Å²) in [6.45, 7) is 3.84. The highest BCUT2D eigenvalue weighted by Gasteiger charge is 2.04. The summed E-state index contributed by atoms with van der Waals surface area (Å²) in [6.07, 6.45) is 0. The van der Waals surface area contributed by atoms with Crippen LogP contribution in [0.25, 0.3) is 0 Å². The quantitative estimate of drug-likeness (QED) is 0.743. The number of anilines is 1. The van der Waals surface area contributed by atoms with Crippen LogP contribution in [0.15, 0.2) is 0 Å². The van der Waals surface area contributed by atoms with Crippen LogP contribution >= 0.6 is 11.5 Å². The number of aryl methyl sites for hydroxylation is 1. The third-order valence-electron chi connectivity index (χ3n) is 1.54. The lowest BCUT2D eigenvalue weighted by Crippen LogP contribution is -2.26. The van der Waals surface area contributed by atoms with Crippen LogP contribution in [0.3, 0.4) is 0 Å². The Balaban J connectivity index is 2.47. The maximum atomic E-state index is 4.27. The Kier molecular flexibility index (Phi) is 3.43. The van der Waals surface area contributed by atoms with E-state index in [-0.39, 0.29) is 0 Å². The van der Waals surface area contributed by atoms with Gasteiger partial charge in [0.05, 0.1) is 0 Å². The molecule has 1 heterocycles. The molecule has 0 spiro atoms. The van der Waals surface area contributed by atoms with Crippen LogP contribution in [0.1, 0.15) is 5.82 Å². The van der Waals surface area contributed by atoms with E-state index in [1.807, 2.05) is 21.0 Å². The van der Waals surface area contributed by atoms with E-state index in [1.54, 1.807) is 0 Å². The van der Waals surface area contributed by atoms with Gasteiger partial charge in [0.25, 0.3) is 0 Å². The van der Waals surface area contributed by atoms with Gasteiger partial charge < -0.3 is 10.2 Å². The van der Waals surface area contributed by atoms with Crippen molar-refractivity contribution < 1.29 is 0 Å². The van der Waals surface area contributed by atoms with Crippen molar-refractivity contribution in [2.24, 2.45) is 0 Å². The maximum Gasteiger partial charge on any atom is 0.204 e. The summed E-state index contributed by atoms with van der Waals surface area (Å²) in [5, 5.41) is 4.08. The Bertz CT molecular complexity index is 235. The molecular formula is C7H14N4S. The van der Waals surface area contributed by atoms with E-state index >= 15 is 0 Å². The Morgan fingerprint density at radius 3 is 2.83 bits per heavy atom. The molecule has 0 aliphatic heterocycles. The summed E-state index contributed by atoms with van der Waals surface area (Å²) in [5.74, 6) is 0.853. The molecule has 1 aromatic rings. The second kappa shape index (κ2) is 4.37. The molecule has 0 fully saturated rings. The van der Waals surface area contributed by atoms with E-state index in [0.29, 0.717) is 0 Å². The van der Waals surface area contributed by atoms with E-state index in [4.69, 9.17) is 0 Å². The summed E-state index contributed by atoms with van der Waals surface area (Å²) in [4.78, 5) is 6.37. The molecule has 0 aliphatic carbocycles. The molecule has 0 amide bonds. The van der Waals surface area contributed by atoms with Gasteiger partial charge in [-0.15, -0.1) is 0 Å². The minimum atomic E-state index is 0.853. The van der Waals surface area contributed by atoms with Crippen molar-refractivity contribution in [3.05, 3.63) is 5.82 Å². The van der Waals surface area contributed by atoms with Crippen molar-refractivity contribution in [1.82, 2.24) is 14.7 Å². The number of hydrogen-bond donors (Lipinski definition) is 1. The van der Waals surface area contributed by atoms with Crippen LogP contribution in [0, 0.1) is 6.92 Å². The zero-order valence-electron chi connectivity index (χ0n) is 7.66. The zero-order chi connectivity index (χ0) is 8.97. The molecular weight excluding hydrogens is 172 g/mol. The lowest BCUT2D eigenvalue weighted by molar-refractivity contribution is 0.765. The molecule has 68 valence electrons. The van der Waals surface area contributed by atoms with Gasteiger partial charge in [0, 0.05) is 31.7 Å². The SMILES string of the molecule is CNCCN(C)c1nc(C)ns1. The van der Waals surface area contributed by atoms with E-state index in [0.717, 1.165) is 24.0 Å². The fourth-order valence-electron chi connectivity index (χ4n) is 0.816. The van der Waals surface area contributed by atoms with Crippen LogP contribution in [0.2, 0.25) is 0 Å². The number of likely N-dealkylation sites (N-methyl/N-ethyl adjacent to an activating group) is 2. The average Bonchev–Trinajstić information content (AvgIpc) is 2.47. The first-order valence-corrected chi connectivity index (χ1v) is 4.67. The monoisotopic (exact) mass is 186 g/mol. The van der Waals surface area contributed by atoms with Gasteiger partial charge in [0.15, 0.2) is 0 Å². The average molecular weight is 186 g/mol. The first-order chi connectivity index (χ1) is 5.74. The largest absolute Gasteiger partial charge is 0.349 e. The van der Waals surface area contributed by atoms with Crippen molar-refractivity contribution in [1.29, 1.82) is 0 Å². The lowest BCUT2D eigenvalue weighted by Gasteiger charge is -2.13. The van der Waals surface area contributed by atoms with Crippen molar-refractivity contribution >= 4 is 16.7 Å². The minimum absolute atomic E-state index is 0.853. The van der Waals surface area contributed by atoms with E-state index in [9.17, 15) is 0 Å². The molecule has 0 unspecified atom stereocenters. The number of nitrogens with one attached hydrogen (secondary N) is 1. The molecule has 4 nitrogen and oxygen atoms in total. The van der Waals surface area contributed by atoms with Gasteiger partial charge in [-0.05, 0) is 14.0 Å². The Labute approximate surface area is 76.8 Å². The third kappa shape index (κ3) is 2.42. The smallest absolute Gasteiger partial charge is 0.204 e. The minimum Gasteiger partial charge on any atom is -0.349 e. The van der Waals surface area contributed by atoms with Crippen LogP contribution in [-0.2, 0) is 0 Å². The molecule has 1 N–H and O–H groups in total.